The van der Waals surface area contributed by atoms with Gasteiger partial charge in [-0.2, -0.15) is 0 Å². The van der Waals surface area contributed by atoms with Gasteiger partial charge in [-0.15, -0.1) is 0 Å². The Hall–Kier alpha value is -0.160. The second-order valence-corrected chi connectivity index (χ2v) is 4.37. The number of hydrogen-bond acceptors (Lipinski definition) is 4. The zero-order chi connectivity index (χ0) is 8.56. The molecule has 4 heteroatoms. The Balaban J connectivity index is 1.95. The van der Waals surface area contributed by atoms with Crippen LogP contribution in [0.15, 0.2) is 0 Å². The van der Waals surface area contributed by atoms with Crippen molar-refractivity contribution in [3.8, 4) is 0 Å². The fraction of sp³-hybridized carbons (Fsp3) is 1.00. The van der Waals surface area contributed by atoms with Crippen molar-refractivity contribution in [2.75, 3.05) is 0 Å². The lowest BCUT2D eigenvalue weighted by Crippen LogP contribution is -2.41. The Morgan fingerprint density at radius 1 is 1.17 bits per heavy atom. The van der Waals surface area contributed by atoms with Gasteiger partial charge < -0.3 is 20.1 Å². The summed E-state index contributed by atoms with van der Waals surface area (Å²) in [4.78, 5) is 0. The van der Waals surface area contributed by atoms with Crippen LogP contribution in [0.1, 0.15) is 19.3 Å². The van der Waals surface area contributed by atoms with Gasteiger partial charge in [0.15, 0.2) is 6.29 Å². The first kappa shape index (κ1) is 7.26. The molecule has 68 valence electrons. The summed E-state index contributed by atoms with van der Waals surface area (Å²) in [6, 6.07) is 0. The molecule has 0 spiro atoms. The summed E-state index contributed by atoms with van der Waals surface area (Å²) in [5.74, 6) is 0.194. The van der Waals surface area contributed by atoms with E-state index in [1.54, 1.807) is 0 Å². The molecule has 0 bridgehead atoms. The molecule has 0 amide bonds. The number of aliphatic hydroxyl groups is 3. The van der Waals surface area contributed by atoms with Gasteiger partial charge in [0.1, 0.15) is 6.10 Å². The van der Waals surface area contributed by atoms with E-state index < -0.39 is 23.6 Å². The third-order valence-corrected chi connectivity index (χ3v) is 3.48. The van der Waals surface area contributed by atoms with E-state index >= 15 is 0 Å². The molecule has 0 aromatic rings. The summed E-state index contributed by atoms with van der Waals surface area (Å²) in [7, 11) is 0. The summed E-state index contributed by atoms with van der Waals surface area (Å²) < 4.78 is 5.10. The monoisotopic (exact) mass is 172 g/mol. The van der Waals surface area contributed by atoms with E-state index in [9.17, 15) is 10.2 Å². The molecule has 3 N–H and O–H groups in total. The molecule has 3 rings (SSSR count). The maximum absolute atomic E-state index is 9.92. The highest BCUT2D eigenvalue weighted by Crippen LogP contribution is 2.63. The first-order valence-corrected chi connectivity index (χ1v) is 4.33. The first-order valence-electron chi connectivity index (χ1n) is 4.33. The fourth-order valence-corrected chi connectivity index (χ4v) is 2.85. The van der Waals surface area contributed by atoms with Crippen LogP contribution >= 0.6 is 0 Å². The third-order valence-electron chi connectivity index (χ3n) is 3.48. The predicted molar refractivity (Wildman–Crippen MR) is 38.1 cm³/mol. The summed E-state index contributed by atoms with van der Waals surface area (Å²) in [5.41, 5.74) is -1.79. The second-order valence-electron chi connectivity index (χ2n) is 4.37. The van der Waals surface area contributed by atoms with Crippen LogP contribution in [0.25, 0.3) is 0 Å². The van der Waals surface area contributed by atoms with Gasteiger partial charge in [0, 0.05) is 6.42 Å². The highest BCUT2D eigenvalue weighted by Gasteiger charge is 2.74. The van der Waals surface area contributed by atoms with Crippen LogP contribution in [0.2, 0.25) is 0 Å². The maximum atomic E-state index is 9.92. The number of ether oxygens (including phenoxy) is 1. The van der Waals surface area contributed by atoms with Crippen molar-refractivity contribution in [2.45, 2.75) is 42.9 Å². The average molecular weight is 172 g/mol. The number of aliphatic hydroxyl groups excluding tert-OH is 1. The minimum absolute atomic E-state index is 0.194. The molecule has 2 aliphatic carbocycles. The van der Waals surface area contributed by atoms with Gasteiger partial charge in [-0.25, -0.2) is 0 Å². The van der Waals surface area contributed by atoms with Gasteiger partial charge in [-0.05, 0) is 18.8 Å². The van der Waals surface area contributed by atoms with E-state index in [0.717, 1.165) is 0 Å². The highest BCUT2D eigenvalue weighted by atomic mass is 16.6. The van der Waals surface area contributed by atoms with Crippen LogP contribution in [0.4, 0.5) is 0 Å². The van der Waals surface area contributed by atoms with Gasteiger partial charge in [0.05, 0.1) is 11.2 Å². The smallest absolute Gasteiger partial charge is 0.158 e. The van der Waals surface area contributed by atoms with E-state index in [1.165, 1.54) is 0 Å². The molecule has 0 aromatic heterocycles. The first-order chi connectivity index (χ1) is 5.55. The van der Waals surface area contributed by atoms with Gasteiger partial charge in [0.2, 0.25) is 0 Å². The minimum atomic E-state index is -0.961. The molecule has 3 aliphatic rings. The molecule has 3 fully saturated rings. The molecule has 12 heavy (non-hydrogen) atoms. The number of fused-ring (bicyclic) bond motifs is 3. The van der Waals surface area contributed by atoms with Crippen LogP contribution in [-0.2, 0) is 4.74 Å². The topological polar surface area (TPSA) is 69.9 Å². The van der Waals surface area contributed by atoms with Crippen molar-refractivity contribution >= 4 is 0 Å². The standard InChI is InChI=1S/C8H12O4/c9-5-3-7(10)1-4-2-8(4,11)6(7)12-5/h4-6,9-11H,1-3H2/t4-,5?,6?,7+,8-/m1/s1. The van der Waals surface area contributed by atoms with Crippen LogP contribution < -0.4 is 0 Å². The Labute approximate surface area is 69.8 Å². The van der Waals surface area contributed by atoms with Crippen molar-refractivity contribution in [1.29, 1.82) is 0 Å². The summed E-state index contributed by atoms with van der Waals surface area (Å²) in [6.07, 6.45) is 0.0876. The fourth-order valence-electron chi connectivity index (χ4n) is 2.85. The maximum Gasteiger partial charge on any atom is 0.158 e. The number of rotatable bonds is 0. The van der Waals surface area contributed by atoms with Crippen molar-refractivity contribution in [2.24, 2.45) is 5.92 Å². The third kappa shape index (κ3) is 0.633. The van der Waals surface area contributed by atoms with E-state index in [1.807, 2.05) is 0 Å². The van der Waals surface area contributed by atoms with Crippen molar-refractivity contribution in [1.82, 2.24) is 0 Å². The summed E-state index contributed by atoms with van der Waals surface area (Å²) in [6.45, 7) is 0. The van der Waals surface area contributed by atoms with E-state index in [-0.39, 0.29) is 12.3 Å². The summed E-state index contributed by atoms with van der Waals surface area (Å²) >= 11 is 0. The molecule has 5 atom stereocenters. The molecule has 1 saturated heterocycles. The average Bonchev–Trinajstić information content (AvgIpc) is 2.35. The van der Waals surface area contributed by atoms with Gasteiger partial charge >= 0.3 is 0 Å². The molecular formula is C8H12O4. The Morgan fingerprint density at radius 3 is 2.58 bits per heavy atom. The minimum Gasteiger partial charge on any atom is -0.387 e. The molecular weight excluding hydrogens is 160 g/mol. The normalized spacial score (nSPS) is 67.8. The van der Waals surface area contributed by atoms with E-state index in [4.69, 9.17) is 9.84 Å². The predicted octanol–water partition coefficient (Wildman–Crippen LogP) is -1.02. The lowest BCUT2D eigenvalue weighted by Gasteiger charge is -2.24. The Morgan fingerprint density at radius 2 is 1.92 bits per heavy atom. The Bertz CT molecular complexity index is 243. The van der Waals surface area contributed by atoms with Gasteiger partial charge in [0.25, 0.3) is 0 Å². The second kappa shape index (κ2) is 1.70. The molecule has 1 heterocycles. The lowest BCUT2D eigenvalue weighted by molar-refractivity contribution is -0.142. The molecule has 2 unspecified atom stereocenters. The van der Waals surface area contributed by atoms with Crippen LogP contribution in [0.3, 0.4) is 0 Å². The zero-order valence-electron chi connectivity index (χ0n) is 6.60. The molecule has 0 radical (unpaired) electrons. The van der Waals surface area contributed by atoms with Gasteiger partial charge in [-0.3, -0.25) is 0 Å². The van der Waals surface area contributed by atoms with Crippen molar-refractivity contribution in [3.05, 3.63) is 0 Å². The van der Waals surface area contributed by atoms with Crippen molar-refractivity contribution < 1.29 is 20.1 Å². The van der Waals surface area contributed by atoms with Gasteiger partial charge in [-0.1, -0.05) is 0 Å². The lowest BCUT2D eigenvalue weighted by atomic mass is 9.93. The zero-order valence-corrected chi connectivity index (χ0v) is 6.60. The van der Waals surface area contributed by atoms with E-state index in [2.05, 4.69) is 0 Å². The molecule has 1 aliphatic heterocycles. The Kier molecular flexibility index (Phi) is 1.03. The van der Waals surface area contributed by atoms with E-state index in [0.29, 0.717) is 12.8 Å². The largest absolute Gasteiger partial charge is 0.387 e. The molecule has 2 saturated carbocycles. The van der Waals surface area contributed by atoms with Crippen LogP contribution in [-0.4, -0.2) is 38.9 Å². The molecule has 4 nitrogen and oxygen atoms in total. The van der Waals surface area contributed by atoms with Crippen molar-refractivity contribution in [3.63, 3.8) is 0 Å². The SMILES string of the molecule is OC1C[C@@]2(O)C[C@@H]3C[C@]3(O)C2O1. The highest BCUT2D eigenvalue weighted by molar-refractivity contribution is 5.24. The van der Waals surface area contributed by atoms with Crippen LogP contribution in [0.5, 0.6) is 0 Å². The summed E-state index contributed by atoms with van der Waals surface area (Å²) in [5, 5.41) is 28.9. The quantitative estimate of drug-likeness (QED) is 0.437. The van der Waals surface area contributed by atoms with Crippen LogP contribution in [0, 0.1) is 5.92 Å². The number of hydrogen-bond donors (Lipinski definition) is 3. The molecule has 0 aromatic carbocycles.